The molecule has 4 amide bonds. The zero-order valence-corrected chi connectivity index (χ0v) is 13.7. The SMILES string of the molecule is C[C@@H](N=CC1C(=O)NC(=O)N(C(C)(C)C)C1=O)c1ccccc1. The highest BCUT2D eigenvalue weighted by Crippen LogP contribution is 2.21. The molecule has 1 saturated heterocycles. The van der Waals surface area contributed by atoms with Crippen molar-refractivity contribution in [3.05, 3.63) is 35.9 Å². The molecule has 1 aromatic rings. The molecule has 1 N–H and O–H groups in total. The molecule has 1 heterocycles. The number of urea groups is 1. The lowest BCUT2D eigenvalue weighted by molar-refractivity contribution is -0.142. The lowest BCUT2D eigenvalue weighted by Crippen LogP contribution is -2.63. The van der Waals surface area contributed by atoms with Crippen molar-refractivity contribution < 1.29 is 14.4 Å². The second-order valence-corrected chi connectivity index (χ2v) is 6.50. The Bertz CT molecular complexity index is 647. The molecular weight excluding hydrogens is 294 g/mol. The predicted octanol–water partition coefficient (Wildman–Crippen LogP) is 2.31. The van der Waals surface area contributed by atoms with Gasteiger partial charge in [-0.15, -0.1) is 0 Å². The van der Waals surface area contributed by atoms with Gasteiger partial charge in [0.15, 0.2) is 5.92 Å². The lowest BCUT2D eigenvalue weighted by atomic mass is 9.99. The van der Waals surface area contributed by atoms with Gasteiger partial charge in [-0.2, -0.15) is 0 Å². The van der Waals surface area contributed by atoms with E-state index in [0.717, 1.165) is 10.5 Å². The molecule has 0 bridgehead atoms. The number of nitrogens with one attached hydrogen (secondary N) is 1. The molecule has 1 fully saturated rings. The van der Waals surface area contributed by atoms with Gasteiger partial charge in [-0.3, -0.25) is 24.8 Å². The fourth-order valence-corrected chi connectivity index (χ4v) is 2.39. The molecule has 0 aliphatic carbocycles. The summed E-state index contributed by atoms with van der Waals surface area (Å²) in [5.74, 6) is -2.27. The highest BCUT2D eigenvalue weighted by molar-refractivity contribution is 6.23. The van der Waals surface area contributed by atoms with Gasteiger partial charge in [0.2, 0.25) is 11.8 Å². The first-order valence-corrected chi connectivity index (χ1v) is 7.49. The van der Waals surface area contributed by atoms with Gasteiger partial charge in [-0.25, -0.2) is 4.79 Å². The zero-order chi connectivity index (χ0) is 17.2. The molecular formula is C17H21N3O3. The van der Waals surface area contributed by atoms with Crippen molar-refractivity contribution >= 4 is 24.1 Å². The largest absolute Gasteiger partial charge is 0.331 e. The van der Waals surface area contributed by atoms with Crippen molar-refractivity contribution in [2.75, 3.05) is 0 Å². The molecule has 2 rings (SSSR count). The number of nitrogens with zero attached hydrogens (tertiary/aromatic N) is 2. The van der Waals surface area contributed by atoms with Crippen LogP contribution in [0.4, 0.5) is 4.79 Å². The van der Waals surface area contributed by atoms with Crippen molar-refractivity contribution in [3.63, 3.8) is 0 Å². The van der Waals surface area contributed by atoms with Crippen molar-refractivity contribution in [3.8, 4) is 0 Å². The van der Waals surface area contributed by atoms with E-state index >= 15 is 0 Å². The Kier molecular flexibility index (Phi) is 4.63. The van der Waals surface area contributed by atoms with Crippen molar-refractivity contribution in [2.45, 2.75) is 39.3 Å². The van der Waals surface area contributed by atoms with Crippen LogP contribution in [0.25, 0.3) is 0 Å². The maximum Gasteiger partial charge on any atom is 0.331 e. The average Bonchev–Trinajstić information content (AvgIpc) is 2.45. The number of hydrogen-bond acceptors (Lipinski definition) is 4. The Morgan fingerprint density at radius 1 is 1.17 bits per heavy atom. The first-order chi connectivity index (χ1) is 10.7. The standard InChI is InChI=1S/C17H21N3O3/c1-11(12-8-6-5-7-9-12)18-10-13-14(21)19-16(23)20(15(13)22)17(2,3)4/h5-11,13H,1-4H3,(H,19,21,23)/t11-,13?/m1/s1. The third kappa shape index (κ3) is 3.64. The summed E-state index contributed by atoms with van der Waals surface area (Å²) < 4.78 is 0. The maximum absolute atomic E-state index is 12.5. The van der Waals surface area contributed by atoms with Crippen LogP contribution in [0.5, 0.6) is 0 Å². The van der Waals surface area contributed by atoms with E-state index in [2.05, 4.69) is 10.3 Å². The Labute approximate surface area is 135 Å². The normalized spacial score (nSPS) is 20.8. The number of hydrogen-bond donors (Lipinski definition) is 1. The average molecular weight is 315 g/mol. The van der Waals surface area contributed by atoms with Gasteiger partial charge in [0.05, 0.1) is 6.04 Å². The summed E-state index contributed by atoms with van der Waals surface area (Å²) in [5, 5.41) is 2.22. The van der Waals surface area contributed by atoms with Gasteiger partial charge >= 0.3 is 6.03 Å². The molecule has 2 atom stereocenters. The van der Waals surface area contributed by atoms with Gasteiger partial charge < -0.3 is 0 Å². The van der Waals surface area contributed by atoms with Crippen LogP contribution in [0.3, 0.4) is 0 Å². The molecule has 6 nitrogen and oxygen atoms in total. The van der Waals surface area contributed by atoms with Crippen LogP contribution in [0.2, 0.25) is 0 Å². The molecule has 1 aromatic carbocycles. The van der Waals surface area contributed by atoms with E-state index < -0.39 is 29.3 Å². The molecule has 122 valence electrons. The fraction of sp³-hybridized carbons (Fsp3) is 0.412. The lowest BCUT2D eigenvalue weighted by Gasteiger charge is -2.37. The van der Waals surface area contributed by atoms with Gasteiger partial charge in [-0.1, -0.05) is 30.3 Å². The number of imide groups is 2. The Morgan fingerprint density at radius 2 is 1.78 bits per heavy atom. The number of benzene rings is 1. The second kappa shape index (κ2) is 6.32. The van der Waals surface area contributed by atoms with Crippen LogP contribution in [0.15, 0.2) is 35.3 Å². The van der Waals surface area contributed by atoms with Crippen LogP contribution >= 0.6 is 0 Å². The molecule has 23 heavy (non-hydrogen) atoms. The topological polar surface area (TPSA) is 78.8 Å². The number of carbonyl (C=O) groups excluding carboxylic acids is 3. The van der Waals surface area contributed by atoms with Crippen LogP contribution in [-0.2, 0) is 9.59 Å². The highest BCUT2D eigenvalue weighted by Gasteiger charge is 2.44. The first-order valence-electron chi connectivity index (χ1n) is 7.49. The van der Waals surface area contributed by atoms with E-state index in [0.29, 0.717) is 0 Å². The van der Waals surface area contributed by atoms with Crippen LogP contribution in [0.1, 0.15) is 39.3 Å². The number of rotatable bonds is 3. The molecule has 0 spiro atoms. The van der Waals surface area contributed by atoms with Crippen LogP contribution < -0.4 is 5.32 Å². The minimum Gasteiger partial charge on any atom is -0.288 e. The zero-order valence-electron chi connectivity index (χ0n) is 13.7. The first kappa shape index (κ1) is 16.9. The fourth-order valence-electron chi connectivity index (χ4n) is 2.39. The summed E-state index contributed by atoms with van der Waals surface area (Å²) in [4.78, 5) is 41.7. The molecule has 1 aliphatic heterocycles. The molecule has 0 radical (unpaired) electrons. The van der Waals surface area contributed by atoms with Gasteiger partial charge in [0.1, 0.15) is 0 Å². The summed E-state index contributed by atoms with van der Waals surface area (Å²) in [6.07, 6.45) is 1.33. The number of amides is 4. The van der Waals surface area contributed by atoms with E-state index in [1.54, 1.807) is 20.8 Å². The van der Waals surface area contributed by atoms with Gasteiger partial charge in [0, 0.05) is 11.8 Å². The maximum atomic E-state index is 12.5. The molecule has 0 aromatic heterocycles. The Hall–Kier alpha value is -2.50. The summed E-state index contributed by atoms with van der Waals surface area (Å²) in [6.45, 7) is 7.09. The van der Waals surface area contributed by atoms with Crippen molar-refractivity contribution in [1.29, 1.82) is 0 Å². The Morgan fingerprint density at radius 3 is 2.35 bits per heavy atom. The predicted molar refractivity (Wildman–Crippen MR) is 87.0 cm³/mol. The van der Waals surface area contributed by atoms with Crippen LogP contribution in [-0.4, -0.2) is 34.5 Å². The van der Waals surface area contributed by atoms with Gasteiger partial charge in [-0.05, 0) is 33.3 Å². The molecule has 0 saturated carbocycles. The third-order valence-corrected chi connectivity index (χ3v) is 3.61. The third-order valence-electron chi connectivity index (χ3n) is 3.61. The smallest absolute Gasteiger partial charge is 0.288 e. The van der Waals surface area contributed by atoms with E-state index in [9.17, 15) is 14.4 Å². The second-order valence-electron chi connectivity index (χ2n) is 6.50. The highest BCUT2D eigenvalue weighted by atomic mass is 16.2. The molecule has 1 unspecified atom stereocenters. The monoisotopic (exact) mass is 315 g/mol. The summed E-state index contributed by atoms with van der Waals surface area (Å²) in [6, 6.07) is 8.70. The van der Waals surface area contributed by atoms with E-state index in [-0.39, 0.29) is 6.04 Å². The Balaban J connectivity index is 2.21. The quantitative estimate of drug-likeness (QED) is 0.686. The minimum absolute atomic E-state index is 0.183. The van der Waals surface area contributed by atoms with Crippen molar-refractivity contribution in [2.24, 2.45) is 10.9 Å². The minimum atomic E-state index is -1.09. The molecule has 6 heteroatoms. The summed E-state index contributed by atoms with van der Waals surface area (Å²) in [5.41, 5.74) is 0.273. The number of carbonyl (C=O) groups is 3. The number of barbiturate groups is 1. The van der Waals surface area contributed by atoms with E-state index in [1.807, 2.05) is 37.3 Å². The van der Waals surface area contributed by atoms with Crippen LogP contribution in [0, 0.1) is 5.92 Å². The van der Waals surface area contributed by atoms with Crippen molar-refractivity contribution in [1.82, 2.24) is 10.2 Å². The van der Waals surface area contributed by atoms with E-state index in [1.165, 1.54) is 6.21 Å². The van der Waals surface area contributed by atoms with Gasteiger partial charge in [0.25, 0.3) is 0 Å². The summed E-state index contributed by atoms with van der Waals surface area (Å²) >= 11 is 0. The number of aliphatic imine (C=N–C) groups is 1. The molecule has 1 aliphatic rings. The van der Waals surface area contributed by atoms with E-state index in [4.69, 9.17) is 0 Å². The summed E-state index contributed by atoms with van der Waals surface area (Å²) in [7, 11) is 0.